The average Bonchev–Trinajstić information content (AvgIpc) is 2.29. The Morgan fingerprint density at radius 1 is 1.56 bits per heavy atom. The van der Waals surface area contributed by atoms with E-state index in [-0.39, 0.29) is 12.4 Å². The highest BCUT2D eigenvalue weighted by molar-refractivity contribution is 7.99. The lowest BCUT2D eigenvalue weighted by atomic mass is 10.1. The van der Waals surface area contributed by atoms with Gasteiger partial charge < -0.3 is 10.6 Å². The van der Waals surface area contributed by atoms with Crippen LogP contribution in [0.15, 0.2) is 18.2 Å². The van der Waals surface area contributed by atoms with E-state index in [0.29, 0.717) is 11.6 Å². The molecule has 16 heavy (non-hydrogen) atoms. The van der Waals surface area contributed by atoms with Crippen molar-refractivity contribution < 1.29 is 4.39 Å². The summed E-state index contributed by atoms with van der Waals surface area (Å²) >= 11 is 1.96. The third kappa shape index (κ3) is 2.33. The summed E-state index contributed by atoms with van der Waals surface area (Å²) < 4.78 is 13.6. The summed E-state index contributed by atoms with van der Waals surface area (Å²) in [5, 5.41) is 0. The van der Waals surface area contributed by atoms with Crippen LogP contribution < -0.4 is 10.6 Å². The molecular formula is C12H17FN2S. The van der Waals surface area contributed by atoms with Gasteiger partial charge in [-0.05, 0) is 19.1 Å². The van der Waals surface area contributed by atoms with Gasteiger partial charge >= 0.3 is 0 Å². The number of rotatable bonds is 2. The average molecular weight is 240 g/mol. The fourth-order valence-electron chi connectivity index (χ4n) is 1.99. The molecule has 1 aliphatic rings. The maximum absolute atomic E-state index is 13.6. The van der Waals surface area contributed by atoms with Gasteiger partial charge in [-0.25, -0.2) is 4.39 Å². The molecule has 2 nitrogen and oxygen atoms in total. The first-order chi connectivity index (χ1) is 7.72. The molecule has 0 aliphatic carbocycles. The lowest BCUT2D eigenvalue weighted by molar-refractivity contribution is 0.607. The van der Waals surface area contributed by atoms with Crippen molar-refractivity contribution >= 4 is 17.4 Å². The van der Waals surface area contributed by atoms with Crippen molar-refractivity contribution in [3.63, 3.8) is 0 Å². The summed E-state index contributed by atoms with van der Waals surface area (Å²) in [6.45, 7) is 3.44. The van der Waals surface area contributed by atoms with Gasteiger partial charge in [0, 0.05) is 41.9 Å². The van der Waals surface area contributed by atoms with Crippen LogP contribution in [0, 0.1) is 5.82 Å². The van der Waals surface area contributed by atoms with Crippen molar-refractivity contribution in [1.29, 1.82) is 0 Å². The topological polar surface area (TPSA) is 29.3 Å². The maximum atomic E-state index is 13.6. The Labute approximate surface area is 100 Å². The van der Waals surface area contributed by atoms with Crippen LogP contribution in [0.3, 0.4) is 0 Å². The normalized spacial score (nSPS) is 21.2. The Morgan fingerprint density at radius 2 is 2.38 bits per heavy atom. The van der Waals surface area contributed by atoms with Crippen LogP contribution in [-0.4, -0.2) is 24.1 Å². The molecule has 0 radical (unpaired) electrons. The molecule has 0 aromatic heterocycles. The molecular weight excluding hydrogens is 223 g/mol. The Morgan fingerprint density at radius 3 is 3.00 bits per heavy atom. The van der Waals surface area contributed by atoms with Gasteiger partial charge in [-0.3, -0.25) is 0 Å². The van der Waals surface area contributed by atoms with E-state index in [0.717, 1.165) is 23.7 Å². The first-order valence-corrected chi connectivity index (χ1v) is 6.70. The number of hydrogen-bond acceptors (Lipinski definition) is 3. The molecule has 0 amide bonds. The molecule has 1 fully saturated rings. The SMILES string of the molecule is CC1CSCCN1c1ccc(CN)c(F)c1. The van der Waals surface area contributed by atoms with E-state index in [4.69, 9.17) is 5.73 Å². The van der Waals surface area contributed by atoms with Gasteiger partial charge in [0.05, 0.1) is 0 Å². The summed E-state index contributed by atoms with van der Waals surface area (Å²) in [7, 11) is 0. The lowest BCUT2D eigenvalue weighted by Crippen LogP contribution is -2.40. The largest absolute Gasteiger partial charge is 0.367 e. The van der Waals surface area contributed by atoms with Crippen LogP contribution in [0.2, 0.25) is 0 Å². The summed E-state index contributed by atoms with van der Waals surface area (Å²) in [5.41, 5.74) is 7.01. The molecule has 1 saturated heterocycles. The standard InChI is InChI=1S/C12H17FN2S/c1-9-8-16-5-4-15(9)11-3-2-10(7-14)12(13)6-11/h2-3,6,9H,4-5,7-8,14H2,1H3. The van der Waals surface area contributed by atoms with Crippen LogP contribution in [0.4, 0.5) is 10.1 Å². The van der Waals surface area contributed by atoms with Crippen molar-refractivity contribution in [1.82, 2.24) is 0 Å². The molecule has 1 aromatic carbocycles. The Hall–Kier alpha value is -0.740. The van der Waals surface area contributed by atoms with Crippen molar-refractivity contribution in [3.8, 4) is 0 Å². The molecule has 1 unspecified atom stereocenters. The third-order valence-corrected chi connectivity index (χ3v) is 4.15. The van der Waals surface area contributed by atoms with E-state index in [1.54, 1.807) is 12.1 Å². The monoisotopic (exact) mass is 240 g/mol. The quantitative estimate of drug-likeness (QED) is 0.859. The van der Waals surface area contributed by atoms with E-state index in [1.165, 1.54) is 0 Å². The molecule has 2 rings (SSSR count). The van der Waals surface area contributed by atoms with Crippen molar-refractivity contribution in [2.24, 2.45) is 5.73 Å². The van der Waals surface area contributed by atoms with Crippen LogP contribution in [-0.2, 0) is 6.54 Å². The van der Waals surface area contributed by atoms with E-state index >= 15 is 0 Å². The Balaban J connectivity index is 2.22. The lowest BCUT2D eigenvalue weighted by Gasteiger charge is -2.35. The van der Waals surface area contributed by atoms with Crippen molar-refractivity contribution in [3.05, 3.63) is 29.6 Å². The minimum Gasteiger partial charge on any atom is -0.367 e. The fraction of sp³-hybridized carbons (Fsp3) is 0.500. The molecule has 1 aromatic rings. The Bertz CT molecular complexity index is 370. The van der Waals surface area contributed by atoms with Gasteiger partial charge in [-0.1, -0.05) is 6.07 Å². The minimum atomic E-state index is -0.189. The zero-order chi connectivity index (χ0) is 11.5. The number of halogens is 1. The van der Waals surface area contributed by atoms with Crippen molar-refractivity contribution in [2.75, 3.05) is 23.0 Å². The second-order valence-corrected chi connectivity index (χ2v) is 5.25. The number of thioether (sulfide) groups is 1. The Kier molecular flexibility index (Phi) is 3.71. The van der Waals surface area contributed by atoms with Crippen molar-refractivity contribution in [2.45, 2.75) is 19.5 Å². The maximum Gasteiger partial charge on any atom is 0.129 e. The van der Waals surface area contributed by atoms with E-state index in [1.807, 2.05) is 17.8 Å². The van der Waals surface area contributed by atoms with Crippen LogP contribution >= 0.6 is 11.8 Å². The molecule has 1 heterocycles. The number of anilines is 1. The zero-order valence-electron chi connectivity index (χ0n) is 9.45. The summed E-state index contributed by atoms with van der Waals surface area (Å²) in [6.07, 6.45) is 0. The predicted octanol–water partition coefficient (Wildman–Crippen LogP) is 2.23. The second kappa shape index (κ2) is 5.06. The molecule has 4 heteroatoms. The van der Waals surface area contributed by atoms with Gasteiger partial charge in [0.1, 0.15) is 5.82 Å². The van der Waals surface area contributed by atoms with Crippen LogP contribution in [0.25, 0.3) is 0 Å². The molecule has 1 aliphatic heterocycles. The molecule has 0 spiro atoms. The number of hydrogen-bond donors (Lipinski definition) is 1. The third-order valence-electron chi connectivity index (χ3n) is 2.96. The minimum absolute atomic E-state index is 0.189. The molecule has 88 valence electrons. The van der Waals surface area contributed by atoms with Gasteiger partial charge in [-0.2, -0.15) is 11.8 Å². The highest BCUT2D eigenvalue weighted by Gasteiger charge is 2.19. The summed E-state index contributed by atoms with van der Waals surface area (Å²) in [6, 6.07) is 5.84. The predicted molar refractivity (Wildman–Crippen MR) is 68.4 cm³/mol. The zero-order valence-corrected chi connectivity index (χ0v) is 10.3. The molecule has 0 bridgehead atoms. The van der Waals surface area contributed by atoms with Crippen LogP contribution in [0.5, 0.6) is 0 Å². The molecule has 1 atom stereocenters. The van der Waals surface area contributed by atoms with Gasteiger partial charge in [0.2, 0.25) is 0 Å². The van der Waals surface area contributed by atoms with E-state index in [9.17, 15) is 4.39 Å². The van der Waals surface area contributed by atoms with E-state index < -0.39 is 0 Å². The highest BCUT2D eigenvalue weighted by atomic mass is 32.2. The molecule has 0 saturated carbocycles. The van der Waals surface area contributed by atoms with Crippen LogP contribution in [0.1, 0.15) is 12.5 Å². The second-order valence-electron chi connectivity index (χ2n) is 4.10. The smallest absolute Gasteiger partial charge is 0.129 e. The first-order valence-electron chi connectivity index (χ1n) is 5.55. The molecule has 2 N–H and O–H groups in total. The summed E-state index contributed by atoms with van der Waals surface area (Å²) in [4.78, 5) is 2.26. The highest BCUT2D eigenvalue weighted by Crippen LogP contribution is 2.25. The van der Waals surface area contributed by atoms with Gasteiger partial charge in [0.15, 0.2) is 0 Å². The first kappa shape index (κ1) is 11.7. The number of benzene rings is 1. The van der Waals surface area contributed by atoms with Gasteiger partial charge in [-0.15, -0.1) is 0 Å². The summed E-state index contributed by atoms with van der Waals surface area (Å²) in [5.74, 6) is 2.04. The fourth-order valence-corrected chi connectivity index (χ4v) is 3.00. The van der Waals surface area contributed by atoms with Gasteiger partial charge in [0.25, 0.3) is 0 Å². The number of nitrogens with zero attached hydrogens (tertiary/aromatic N) is 1. The van der Waals surface area contributed by atoms with E-state index in [2.05, 4.69) is 11.8 Å². The number of nitrogens with two attached hydrogens (primary N) is 1.